The third-order valence-electron chi connectivity index (χ3n) is 1.55. The van der Waals surface area contributed by atoms with Crippen molar-refractivity contribution in [1.29, 1.82) is 0 Å². The Labute approximate surface area is 74.8 Å². The summed E-state index contributed by atoms with van der Waals surface area (Å²) in [6.45, 7) is 0.327. The first-order valence-corrected chi connectivity index (χ1v) is 3.76. The smallest absolute Gasteiger partial charge is 0.149 e. The number of hydrogen-bond donors (Lipinski definition) is 2. The van der Waals surface area contributed by atoms with Crippen molar-refractivity contribution in [2.24, 2.45) is 5.73 Å². The van der Waals surface area contributed by atoms with E-state index in [4.69, 9.17) is 11.5 Å². The summed E-state index contributed by atoms with van der Waals surface area (Å²) in [7, 11) is 0. The Kier molecular flexibility index (Phi) is 2.97. The van der Waals surface area contributed by atoms with E-state index in [2.05, 4.69) is 0 Å². The summed E-state index contributed by atoms with van der Waals surface area (Å²) >= 11 is 0. The predicted octanol–water partition coefficient (Wildman–Crippen LogP) is 1.52. The van der Waals surface area contributed by atoms with Crippen molar-refractivity contribution >= 4 is 11.8 Å². The van der Waals surface area contributed by atoms with E-state index in [1.807, 2.05) is 0 Å². The van der Waals surface area contributed by atoms with Crippen LogP contribution in [-0.4, -0.2) is 6.54 Å². The summed E-state index contributed by atoms with van der Waals surface area (Å²) < 4.78 is 25.7. The van der Waals surface area contributed by atoms with Crippen LogP contribution in [0.1, 0.15) is 5.56 Å². The molecule has 0 fully saturated rings. The zero-order chi connectivity index (χ0) is 9.84. The van der Waals surface area contributed by atoms with E-state index in [-0.39, 0.29) is 0 Å². The average molecular weight is 184 g/mol. The molecule has 0 aromatic heterocycles. The Morgan fingerprint density at radius 2 is 1.77 bits per heavy atom. The maximum absolute atomic E-state index is 12.8. The second-order valence-electron chi connectivity index (χ2n) is 2.54. The van der Waals surface area contributed by atoms with Gasteiger partial charge in [0.25, 0.3) is 0 Å². The van der Waals surface area contributed by atoms with Gasteiger partial charge in [0.05, 0.1) is 0 Å². The minimum atomic E-state index is -0.753. The lowest BCUT2D eigenvalue weighted by molar-refractivity contribution is 0.591. The van der Waals surface area contributed by atoms with Crippen LogP contribution in [0.25, 0.3) is 6.08 Å². The van der Waals surface area contributed by atoms with Gasteiger partial charge in [0.1, 0.15) is 17.3 Å². The normalized spacial score (nSPS) is 11.0. The molecule has 70 valence electrons. The standard InChI is InChI=1S/C9H10F2N2/c10-7-4-6(2-1-3-12)5-8(11)9(7)13/h1-2,4-5H,3,12-13H2. The fourth-order valence-electron chi connectivity index (χ4n) is 0.904. The number of rotatable bonds is 2. The lowest BCUT2D eigenvalue weighted by Crippen LogP contribution is -1.96. The van der Waals surface area contributed by atoms with Gasteiger partial charge < -0.3 is 11.5 Å². The average Bonchev–Trinajstić information content (AvgIpc) is 2.10. The van der Waals surface area contributed by atoms with Crippen LogP contribution in [-0.2, 0) is 0 Å². The van der Waals surface area contributed by atoms with Gasteiger partial charge >= 0.3 is 0 Å². The number of nitrogens with two attached hydrogens (primary N) is 2. The number of benzene rings is 1. The summed E-state index contributed by atoms with van der Waals surface area (Å²) in [4.78, 5) is 0. The molecule has 0 aliphatic rings. The minimum absolute atomic E-state index is 0.327. The van der Waals surface area contributed by atoms with E-state index in [1.165, 1.54) is 6.08 Å². The first kappa shape index (κ1) is 9.67. The van der Waals surface area contributed by atoms with E-state index in [9.17, 15) is 8.78 Å². The Balaban J connectivity index is 3.06. The Morgan fingerprint density at radius 3 is 2.23 bits per heavy atom. The summed E-state index contributed by atoms with van der Waals surface area (Å²) in [5.41, 5.74) is 10.2. The lowest BCUT2D eigenvalue weighted by atomic mass is 10.2. The van der Waals surface area contributed by atoms with Gasteiger partial charge in [-0.25, -0.2) is 8.78 Å². The SMILES string of the molecule is NCC=Cc1cc(F)c(N)c(F)c1. The highest BCUT2D eigenvalue weighted by Gasteiger charge is 2.05. The first-order chi connectivity index (χ1) is 6.15. The summed E-state index contributed by atoms with van der Waals surface area (Å²) in [6.07, 6.45) is 3.13. The van der Waals surface area contributed by atoms with Crippen LogP contribution in [0.5, 0.6) is 0 Å². The molecule has 0 heterocycles. The van der Waals surface area contributed by atoms with Gasteiger partial charge in [-0.3, -0.25) is 0 Å². The molecule has 0 unspecified atom stereocenters. The first-order valence-electron chi connectivity index (χ1n) is 3.76. The Hall–Kier alpha value is -1.42. The third kappa shape index (κ3) is 2.26. The largest absolute Gasteiger partial charge is 0.394 e. The second-order valence-corrected chi connectivity index (χ2v) is 2.54. The van der Waals surface area contributed by atoms with Gasteiger partial charge in [0, 0.05) is 6.54 Å². The van der Waals surface area contributed by atoms with Crippen molar-refractivity contribution in [2.75, 3.05) is 12.3 Å². The molecule has 0 amide bonds. The van der Waals surface area contributed by atoms with Crippen LogP contribution in [0.15, 0.2) is 18.2 Å². The summed E-state index contributed by atoms with van der Waals surface area (Å²) in [5.74, 6) is -1.51. The second kappa shape index (κ2) is 4.00. The molecule has 0 bridgehead atoms. The fourth-order valence-corrected chi connectivity index (χ4v) is 0.904. The number of hydrogen-bond acceptors (Lipinski definition) is 2. The number of nitrogen functional groups attached to an aromatic ring is 1. The van der Waals surface area contributed by atoms with E-state index >= 15 is 0 Å². The van der Waals surface area contributed by atoms with Crippen LogP contribution >= 0.6 is 0 Å². The zero-order valence-electron chi connectivity index (χ0n) is 6.93. The molecule has 0 spiro atoms. The highest BCUT2D eigenvalue weighted by atomic mass is 19.1. The van der Waals surface area contributed by atoms with Gasteiger partial charge in [-0.15, -0.1) is 0 Å². The lowest BCUT2D eigenvalue weighted by Gasteiger charge is -2.00. The fraction of sp³-hybridized carbons (Fsp3) is 0.111. The predicted molar refractivity (Wildman–Crippen MR) is 48.9 cm³/mol. The van der Waals surface area contributed by atoms with Gasteiger partial charge in [0.15, 0.2) is 0 Å². The van der Waals surface area contributed by atoms with Gasteiger partial charge in [-0.1, -0.05) is 12.2 Å². The molecule has 1 rings (SSSR count). The zero-order valence-corrected chi connectivity index (χ0v) is 6.93. The third-order valence-corrected chi connectivity index (χ3v) is 1.55. The molecule has 0 radical (unpaired) electrons. The highest BCUT2D eigenvalue weighted by Crippen LogP contribution is 2.17. The maximum Gasteiger partial charge on any atom is 0.149 e. The molecule has 1 aromatic rings. The molecular formula is C9H10F2N2. The number of anilines is 1. The van der Waals surface area contributed by atoms with Crippen LogP contribution in [0.3, 0.4) is 0 Å². The van der Waals surface area contributed by atoms with Crippen molar-refractivity contribution in [1.82, 2.24) is 0 Å². The van der Waals surface area contributed by atoms with Crippen LogP contribution in [0.4, 0.5) is 14.5 Å². The Morgan fingerprint density at radius 1 is 1.23 bits per heavy atom. The summed E-state index contributed by atoms with van der Waals surface area (Å²) in [5, 5.41) is 0. The van der Waals surface area contributed by atoms with Crippen molar-refractivity contribution in [2.45, 2.75) is 0 Å². The van der Waals surface area contributed by atoms with Crippen molar-refractivity contribution < 1.29 is 8.78 Å². The number of halogens is 2. The van der Waals surface area contributed by atoms with Crippen LogP contribution in [0.2, 0.25) is 0 Å². The molecule has 0 aliphatic heterocycles. The van der Waals surface area contributed by atoms with Crippen LogP contribution in [0, 0.1) is 11.6 Å². The summed E-state index contributed by atoms with van der Waals surface area (Å²) in [6, 6.07) is 2.31. The monoisotopic (exact) mass is 184 g/mol. The van der Waals surface area contributed by atoms with Crippen molar-refractivity contribution in [3.05, 3.63) is 35.4 Å². The van der Waals surface area contributed by atoms with Gasteiger partial charge in [0.2, 0.25) is 0 Å². The molecule has 0 aliphatic carbocycles. The maximum atomic E-state index is 12.8. The van der Waals surface area contributed by atoms with E-state index < -0.39 is 17.3 Å². The molecule has 13 heavy (non-hydrogen) atoms. The van der Waals surface area contributed by atoms with Crippen molar-refractivity contribution in [3.8, 4) is 0 Å². The quantitative estimate of drug-likeness (QED) is 0.684. The molecular weight excluding hydrogens is 174 g/mol. The van der Waals surface area contributed by atoms with E-state index in [0.717, 1.165) is 12.1 Å². The minimum Gasteiger partial charge on any atom is -0.394 e. The molecule has 1 aromatic carbocycles. The van der Waals surface area contributed by atoms with Crippen molar-refractivity contribution in [3.63, 3.8) is 0 Å². The molecule has 0 saturated carbocycles. The Bertz CT molecular complexity index is 311. The van der Waals surface area contributed by atoms with E-state index in [0.29, 0.717) is 12.1 Å². The molecule has 0 atom stereocenters. The van der Waals surface area contributed by atoms with Gasteiger partial charge in [-0.2, -0.15) is 0 Å². The highest BCUT2D eigenvalue weighted by molar-refractivity contribution is 5.55. The van der Waals surface area contributed by atoms with Gasteiger partial charge in [-0.05, 0) is 17.7 Å². The topological polar surface area (TPSA) is 52.0 Å². The van der Waals surface area contributed by atoms with Crippen LogP contribution < -0.4 is 11.5 Å². The van der Waals surface area contributed by atoms with E-state index in [1.54, 1.807) is 6.08 Å². The molecule has 4 N–H and O–H groups in total. The molecule has 4 heteroatoms. The molecule has 0 saturated heterocycles. The molecule has 2 nitrogen and oxygen atoms in total.